The summed E-state index contributed by atoms with van der Waals surface area (Å²) in [5, 5.41) is 118. The number of fused-ring (bicyclic) bond motifs is 5. The molecule has 0 unspecified atom stereocenters. The Labute approximate surface area is 336 Å². The minimum Gasteiger partial charge on any atom is -0.394 e. The zero-order valence-electron chi connectivity index (χ0n) is 34.9. The van der Waals surface area contributed by atoms with E-state index in [0.717, 1.165) is 19.3 Å². The summed E-state index contributed by atoms with van der Waals surface area (Å²) in [5.74, 6) is -0.0539. The molecule has 0 aromatic rings. The smallest absolute Gasteiger partial charge is 0.187 e. The van der Waals surface area contributed by atoms with Crippen molar-refractivity contribution in [2.75, 3.05) is 13.2 Å². The zero-order valence-corrected chi connectivity index (χ0v) is 34.9. The maximum atomic E-state index is 12.4. The number of aliphatic hydroxyl groups excluding tert-OH is 10. The van der Waals surface area contributed by atoms with Gasteiger partial charge in [-0.25, -0.2) is 0 Å². The number of hydrogen-bond acceptors (Lipinski definition) is 15. The number of ether oxygens (including phenoxy) is 4. The monoisotopic (exact) mass is 816 g/mol. The lowest BCUT2D eigenvalue weighted by atomic mass is 9.38. The molecule has 2 saturated heterocycles. The molecule has 0 bridgehead atoms. The highest BCUT2D eigenvalue weighted by molar-refractivity contribution is 5.32. The molecule has 2 aliphatic heterocycles. The van der Waals surface area contributed by atoms with Crippen molar-refractivity contribution in [1.82, 2.24) is 0 Å². The van der Waals surface area contributed by atoms with Crippen LogP contribution in [0.5, 0.6) is 0 Å². The number of aliphatic hydroxyl groups is 11. The quantitative estimate of drug-likeness (QED) is 0.125. The van der Waals surface area contributed by atoms with Crippen LogP contribution in [-0.4, -0.2) is 160 Å². The van der Waals surface area contributed by atoms with Gasteiger partial charge in [-0.1, -0.05) is 46.3 Å². The van der Waals surface area contributed by atoms with Gasteiger partial charge in [0, 0.05) is 10.8 Å². The summed E-state index contributed by atoms with van der Waals surface area (Å²) < 4.78 is 23.6. The van der Waals surface area contributed by atoms with Gasteiger partial charge in [0.25, 0.3) is 0 Å². The van der Waals surface area contributed by atoms with Gasteiger partial charge in [-0.05, 0) is 101 Å². The molecule has 11 N–H and O–H groups in total. The lowest BCUT2D eigenvalue weighted by molar-refractivity contribution is -0.331. The molecule has 20 atom stereocenters. The van der Waals surface area contributed by atoms with Crippen molar-refractivity contribution < 1.29 is 75.1 Å². The van der Waals surface area contributed by atoms with E-state index in [4.69, 9.17) is 18.9 Å². The lowest BCUT2D eigenvalue weighted by Crippen LogP contribution is -2.65. The second-order valence-electron chi connectivity index (χ2n) is 20.5. The molecular weight excluding hydrogens is 744 g/mol. The van der Waals surface area contributed by atoms with E-state index in [1.165, 1.54) is 5.57 Å². The van der Waals surface area contributed by atoms with Gasteiger partial charge >= 0.3 is 0 Å². The van der Waals surface area contributed by atoms with E-state index in [9.17, 15) is 56.2 Å². The standard InChI is InChI=1S/C42H72O15/c1-37(2)20-9-11-25-39(5)15-13-24(41(7,53)16-14-26(45)38(3,4)57-36-34(52)32(50)30(48)23(19-44)55-36)40(39,6)17-27(46)42(25,8)21(20)10-12-28(37)56-35-33(51)31(49)29(47)22(18-43)54-35/h9,21-36,43-53H,10-19H2,1-8H3/t21-,22-,23-,24+,25+,26-,27-,28+,29-,30-,31+,32+,33-,34-,35+,36+,39+,40-,41+,42+/m1/s1. The molecule has 3 saturated carbocycles. The van der Waals surface area contributed by atoms with Crippen LogP contribution in [0.3, 0.4) is 0 Å². The van der Waals surface area contributed by atoms with Crippen LogP contribution in [0.25, 0.3) is 0 Å². The highest BCUT2D eigenvalue weighted by atomic mass is 16.7. The van der Waals surface area contributed by atoms with E-state index in [-0.39, 0.29) is 36.0 Å². The van der Waals surface area contributed by atoms with Gasteiger partial charge < -0.3 is 75.1 Å². The lowest BCUT2D eigenvalue weighted by Gasteiger charge is -2.68. The molecule has 6 aliphatic rings. The maximum absolute atomic E-state index is 12.4. The van der Waals surface area contributed by atoms with Crippen molar-refractivity contribution in [3.63, 3.8) is 0 Å². The van der Waals surface area contributed by atoms with Gasteiger partial charge in [0.05, 0.1) is 42.7 Å². The minimum atomic E-state index is -1.62. The van der Waals surface area contributed by atoms with Gasteiger partial charge in [0.2, 0.25) is 0 Å². The van der Waals surface area contributed by atoms with Crippen LogP contribution in [0.15, 0.2) is 11.6 Å². The zero-order chi connectivity index (χ0) is 42.4. The van der Waals surface area contributed by atoms with Crippen molar-refractivity contribution in [1.29, 1.82) is 0 Å². The summed E-state index contributed by atoms with van der Waals surface area (Å²) >= 11 is 0. The molecular formula is C42H72O15. The van der Waals surface area contributed by atoms with Crippen LogP contribution in [0.2, 0.25) is 0 Å². The van der Waals surface area contributed by atoms with Crippen LogP contribution >= 0.6 is 0 Å². The minimum absolute atomic E-state index is 0.0397. The summed E-state index contributed by atoms with van der Waals surface area (Å²) in [5.41, 5.74) is -3.05. The Morgan fingerprint density at radius 3 is 1.91 bits per heavy atom. The van der Waals surface area contributed by atoms with Crippen molar-refractivity contribution in [2.24, 2.45) is 39.4 Å². The highest BCUT2D eigenvalue weighted by Gasteiger charge is 2.71. The Bertz CT molecular complexity index is 1450. The average molecular weight is 817 g/mol. The third-order valence-electron chi connectivity index (χ3n) is 16.7. The predicted octanol–water partition coefficient (Wildman–Crippen LogP) is 0.235. The molecule has 0 amide bonds. The summed E-state index contributed by atoms with van der Waals surface area (Å²) in [6, 6.07) is 0. The fraction of sp³-hybridized carbons (Fsp3) is 0.952. The molecule has 4 aliphatic carbocycles. The van der Waals surface area contributed by atoms with Gasteiger partial charge in [-0.2, -0.15) is 0 Å². The van der Waals surface area contributed by atoms with Crippen LogP contribution in [-0.2, 0) is 18.9 Å². The van der Waals surface area contributed by atoms with E-state index in [1.807, 2.05) is 6.92 Å². The number of allylic oxidation sites excluding steroid dienone is 1. The maximum Gasteiger partial charge on any atom is 0.187 e. The Balaban J connectivity index is 1.16. The first-order valence-corrected chi connectivity index (χ1v) is 21.1. The Morgan fingerprint density at radius 1 is 0.772 bits per heavy atom. The molecule has 57 heavy (non-hydrogen) atoms. The van der Waals surface area contributed by atoms with E-state index in [0.29, 0.717) is 19.3 Å². The third kappa shape index (κ3) is 7.29. The number of hydrogen-bond donors (Lipinski definition) is 11. The van der Waals surface area contributed by atoms with Crippen molar-refractivity contribution in [3.8, 4) is 0 Å². The molecule has 0 aromatic carbocycles. The van der Waals surface area contributed by atoms with E-state index < -0.39 is 120 Å². The van der Waals surface area contributed by atoms with Gasteiger partial charge in [0.15, 0.2) is 12.6 Å². The molecule has 330 valence electrons. The van der Waals surface area contributed by atoms with Crippen LogP contribution in [0.1, 0.15) is 107 Å². The fourth-order valence-corrected chi connectivity index (χ4v) is 12.8. The second-order valence-corrected chi connectivity index (χ2v) is 20.5. The Kier molecular flexibility index (Phi) is 12.7. The first-order chi connectivity index (χ1) is 26.3. The Morgan fingerprint density at radius 2 is 1.33 bits per heavy atom. The van der Waals surface area contributed by atoms with Crippen LogP contribution in [0, 0.1) is 39.4 Å². The average Bonchev–Trinajstić information content (AvgIpc) is 3.42. The van der Waals surface area contributed by atoms with E-state index >= 15 is 0 Å². The van der Waals surface area contributed by atoms with Gasteiger partial charge in [0.1, 0.15) is 48.8 Å². The molecule has 15 heteroatoms. The van der Waals surface area contributed by atoms with E-state index in [1.54, 1.807) is 13.8 Å². The molecule has 5 fully saturated rings. The van der Waals surface area contributed by atoms with Crippen molar-refractivity contribution in [3.05, 3.63) is 11.6 Å². The van der Waals surface area contributed by atoms with E-state index in [2.05, 4.69) is 40.7 Å². The largest absolute Gasteiger partial charge is 0.394 e. The second kappa shape index (κ2) is 15.8. The molecule has 0 spiro atoms. The molecule has 2 heterocycles. The first-order valence-electron chi connectivity index (χ1n) is 21.1. The highest BCUT2D eigenvalue weighted by Crippen LogP contribution is 2.75. The first kappa shape index (κ1) is 45.7. The predicted molar refractivity (Wildman–Crippen MR) is 204 cm³/mol. The van der Waals surface area contributed by atoms with Crippen molar-refractivity contribution >= 4 is 0 Å². The van der Waals surface area contributed by atoms with Crippen LogP contribution < -0.4 is 0 Å². The topological polar surface area (TPSA) is 259 Å². The van der Waals surface area contributed by atoms with Gasteiger partial charge in [-0.3, -0.25) is 0 Å². The third-order valence-corrected chi connectivity index (χ3v) is 16.7. The number of rotatable bonds is 11. The summed E-state index contributed by atoms with van der Waals surface area (Å²) in [4.78, 5) is 0. The SMILES string of the molecule is CC(C)(O[C@@H]1O[C@H](CO)[C@@H](O)[C@H](O)[C@H]1O)[C@H](O)CC[C@](C)(O)[C@H]1CC[C@@]2(C)[C@@H]3CC=C4[C@@H](CC[C@H](O[C@@H]5O[C@H](CO)[C@@H](O)[C@H](O)[C@H]5O)C4(C)C)[C@]3(C)[C@H](O)C[C@]12C. The van der Waals surface area contributed by atoms with Gasteiger partial charge in [-0.15, -0.1) is 0 Å². The molecule has 15 nitrogen and oxygen atoms in total. The summed E-state index contributed by atoms with van der Waals surface area (Å²) in [6.45, 7) is 14.8. The van der Waals surface area contributed by atoms with Crippen molar-refractivity contribution in [2.45, 2.75) is 198 Å². The molecule has 0 radical (unpaired) electrons. The summed E-state index contributed by atoms with van der Waals surface area (Å²) in [6.07, 6.45) is -9.58. The summed E-state index contributed by atoms with van der Waals surface area (Å²) in [7, 11) is 0. The fourth-order valence-electron chi connectivity index (χ4n) is 12.8. The Hall–Kier alpha value is -0.860. The normalized spacial score (nSPS) is 50.2. The van der Waals surface area contributed by atoms with Crippen LogP contribution in [0.4, 0.5) is 0 Å². The molecule has 6 rings (SSSR count). The molecule has 0 aromatic heterocycles.